The molecule has 4 aromatic rings. The van der Waals surface area contributed by atoms with Gasteiger partial charge in [0.2, 0.25) is 0 Å². The van der Waals surface area contributed by atoms with E-state index < -0.39 is 0 Å². The van der Waals surface area contributed by atoms with Crippen molar-refractivity contribution >= 4 is 21.5 Å². The number of nitriles is 1. The molecule has 4 aromatic carbocycles. The van der Waals surface area contributed by atoms with Crippen LogP contribution in [0.3, 0.4) is 0 Å². The Hall–Kier alpha value is -3.11. The van der Waals surface area contributed by atoms with Crippen molar-refractivity contribution in [3.8, 4) is 17.2 Å². The third kappa shape index (κ3) is 2.03. The number of hydrogen-bond donors (Lipinski definition) is 0. The van der Waals surface area contributed by atoms with Gasteiger partial charge in [-0.25, -0.2) is 0 Å². The summed E-state index contributed by atoms with van der Waals surface area (Å²) in [6.07, 6.45) is 0. The van der Waals surface area contributed by atoms with Crippen molar-refractivity contribution in [1.82, 2.24) is 0 Å². The van der Waals surface area contributed by atoms with Gasteiger partial charge in [-0.05, 0) is 56.9 Å². The van der Waals surface area contributed by atoms with Crippen LogP contribution in [-0.2, 0) is 0 Å². The van der Waals surface area contributed by atoms with E-state index in [-0.39, 0.29) is 0 Å². The topological polar surface area (TPSA) is 23.8 Å². The molecule has 0 radical (unpaired) electrons. The van der Waals surface area contributed by atoms with Gasteiger partial charge >= 0.3 is 0 Å². The molecule has 0 atom stereocenters. The third-order valence-corrected chi connectivity index (χ3v) is 4.05. The average molecular weight is 279 g/mol. The van der Waals surface area contributed by atoms with Gasteiger partial charge in [-0.1, -0.05) is 54.6 Å². The molecule has 0 spiro atoms. The Bertz CT molecular complexity index is 1040. The van der Waals surface area contributed by atoms with Crippen molar-refractivity contribution in [3.05, 3.63) is 84.4 Å². The van der Waals surface area contributed by atoms with Gasteiger partial charge in [0.05, 0.1) is 11.6 Å². The zero-order valence-electron chi connectivity index (χ0n) is 12.0. The van der Waals surface area contributed by atoms with Crippen molar-refractivity contribution in [1.29, 1.82) is 5.26 Å². The first-order valence-corrected chi connectivity index (χ1v) is 7.27. The van der Waals surface area contributed by atoms with Crippen LogP contribution in [0.5, 0.6) is 0 Å². The number of benzene rings is 4. The van der Waals surface area contributed by atoms with E-state index in [0.717, 1.165) is 5.56 Å². The van der Waals surface area contributed by atoms with Crippen LogP contribution < -0.4 is 0 Å². The second kappa shape index (κ2) is 5.02. The minimum atomic E-state index is 0.690. The summed E-state index contributed by atoms with van der Waals surface area (Å²) in [5.74, 6) is 0. The maximum Gasteiger partial charge on any atom is 0.0991 e. The predicted octanol–water partition coefficient (Wildman–Crippen LogP) is 5.53. The molecule has 1 heteroatoms. The zero-order chi connectivity index (χ0) is 14.9. The first-order valence-electron chi connectivity index (χ1n) is 7.27. The van der Waals surface area contributed by atoms with Crippen LogP contribution in [-0.4, -0.2) is 0 Å². The van der Waals surface area contributed by atoms with E-state index in [1.165, 1.54) is 27.1 Å². The molecule has 0 bridgehead atoms. The monoisotopic (exact) mass is 279 g/mol. The maximum atomic E-state index is 9.11. The van der Waals surface area contributed by atoms with Crippen LogP contribution >= 0.6 is 0 Å². The average Bonchev–Trinajstić information content (AvgIpc) is 2.59. The number of fused-ring (bicyclic) bond motifs is 2. The summed E-state index contributed by atoms with van der Waals surface area (Å²) in [5, 5.41) is 14.0. The molecule has 102 valence electrons. The van der Waals surface area contributed by atoms with Crippen LogP contribution in [0, 0.1) is 11.3 Å². The molecule has 0 saturated heterocycles. The van der Waals surface area contributed by atoms with Crippen molar-refractivity contribution in [2.45, 2.75) is 0 Å². The first kappa shape index (κ1) is 12.6. The normalized spacial score (nSPS) is 10.7. The lowest BCUT2D eigenvalue weighted by Gasteiger charge is -2.09. The minimum absolute atomic E-state index is 0.690. The highest BCUT2D eigenvalue weighted by molar-refractivity contribution is 6.04. The fourth-order valence-electron chi connectivity index (χ4n) is 2.97. The molecule has 0 saturated carbocycles. The van der Waals surface area contributed by atoms with Gasteiger partial charge in [-0.2, -0.15) is 5.26 Å². The van der Waals surface area contributed by atoms with Gasteiger partial charge in [-0.3, -0.25) is 0 Å². The lowest BCUT2D eigenvalue weighted by Crippen LogP contribution is -1.84. The number of hydrogen-bond acceptors (Lipinski definition) is 1. The zero-order valence-corrected chi connectivity index (χ0v) is 12.0. The molecule has 0 fully saturated rings. The molecule has 0 heterocycles. The van der Waals surface area contributed by atoms with Crippen molar-refractivity contribution in [2.24, 2.45) is 0 Å². The fourth-order valence-corrected chi connectivity index (χ4v) is 2.97. The van der Waals surface area contributed by atoms with Crippen molar-refractivity contribution in [3.63, 3.8) is 0 Å². The van der Waals surface area contributed by atoms with Crippen molar-refractivity contribution in [2.75, 3.05) is 0 Å². The summed E-state index contributed by atoms with van der Waals surface area (Å²) >= 11 is 0. The van der Waals surface area contributed by atoms with E-state index >= 15 is 0 Å². The van der Waals surface area contributed by atoms with E-state index in [1.807, 2.05) is 18.2 Å². The molecule has 0 unspecified atom stereocenters. The first-order chi connectivity index (χ1) is 10.8. The lowest BCUT2D eigenvalue weighted by molar-refractivity contribution is 1.48. The molecule has 0 amide bonds. The fraction of sp³-hybridized carbons (Fsp3) is 0. The molecule has 0 aliphatic carbocycles. The maximum absolute atomic E-state index is 9.11. The highest BCUT2D eigenvalue weighted by Crippen LogP contribution is 2.32. The molecule has 22 heavy (non-hydrogen) atoms. The summed E-state index contributed by atoms with van der Waals surface area (Å²) in [6, 6.07) is 29.2. The largest absolute Gasteiger partial charge is 0.192 e. The molecule has 0 aliphatic rings. The summed E-state index contributed by atoms with van der Waals surface area (Å²) in [7, 11) is 0. The van der Waals surface area contributed by atoms with Gasteiger partial charge in [0.25, 0.3) is 0 Å². The molecule has 0 aromatic heterocycles. The Morgan fingerprint density at radius 2 is 1.36 bits per heavy atom. The number of nitrogens with zero attached hydrogens (tertiary/aromatic N) is 1. The molecular weight excluding hydrogens is 266 g/mol. The van der Waals surface area contributed by atoms with Gasteiger partial charge < -0.3 is 0 Å². The predicted molar refractivity (Wildman–Crippen MR) is 91.6 cm³/mol. The smallest absolute Gasteiger partial charge is 0.0991 e. The molecule has 0 N–H and O–H groups in total. The van der Waals surface area contributed by atoms with E-state index in [1.54, 1.807) is 0 Å². The van der Waals surface area contributed by atoms with Crippen LogP contribution in [0.2, 0.25) is 0 Å². The second-order valence-corrected chi connectivity index (χ2v) is 5.42. The Labute approximate surface area is 129 Å². The van der Waals surface area contributed by atoms with Crippen molar-refractivity contribution < 1.29 is 0 Å². The third-order valence-electron chi connectivity index (χ3n) is 4.05. The highest BCUT2D eigenvalue weighted by Gasteiger charge is 2.06. The van der Waals surface area contributed by atoms with Gasteiger partial charge in [0.15, 0.2) is 0 Å². The molecule has 4 rings (SSSR count). The lowest BCUT2D eigenvalue weighted by atomic mass is 9.95. The van der Waals surface area contributed by atoms with E-state index in [0.29, 0.717) is 5.56 Å². The standard InChI is InChI=1S/C21H13N/c22-14-15-5-3-8-18(11-15)20-10-4-9-19-12-16-6-1-2-7-17(16)13-21(19)20/h1-13H. The summed E-state index contributed by atoms with van der Waals surface area (Å²) in [6.45, 7) is 0. The van der Waals surface area contributed by atoms with Crippen LogP contribution in [0.25, 0.3) is 32.7 Å². The molecule has 0 aliphatic heterocycles. The Kier molecular flexibility index (Phi) is 2.88. The van der Waals surface area contributed by atoms with Gasteiger partial charge in [0.1, 0.15) is 0 Å². The quantitative estimate of drug-likeness (QED) is 0.420. The number of rotatable bonds is 1. The molecular formula is C21H13N. The Balaban J connectivity index is 2.05. The second-order valence-electron chi connectivity index (χ2n) is 5.42. The van der Waals surface area contributed by atoms with Gasteiger partial charge in [-0.15, -0.1) is 0 Å². The van der Waals surface area contributed by atoms with Gasteiger partial charge in [0, 0.05) is 0 Å². The van der Waals surface area contributed by atoms with E-state index in [2.05, 4.69) is 66.7 Å². The van der Waals surface area contributed by atoms with Crippen LogP contribution in [0.15, 0.2) is 78.9 Å². The molecule has 1 nitrogen and oxygen atoms in total. The van der Waals surface area contributed by atoms with E-state index in [4.69, 9.17) is 5.26 Å². The van der Waals surface area contributed by atoms with Crippen LogP contribution in [0.1, 0.15) is 5.56 Å². The Morgan fingerprint density at radius 3 is 2.18 bits per heavy atom. The summed E-state index contributed by atoms with van der Waals surface area (Å²) < 4.78 is 0. The Morgan fingerprint density at radius 1 is 0.636 bits per heavy atom. The SMILES string of the molecule is N#Cc1cccc(-c2cccc3cc4ccccc4cc23)c1. The summed E-state index contributed by atoms with van der Waals surface area (Å²) in [5.41, 5.74) is 2.94. The summed E-state index contributed by atoms with van der Waals surface area (Å²) in [4.78, 5) is 0. The van der Waals surface area contributed by atoms with Crippen LogP contribution in [0.4, 0.5) is 0 Å². The highest BCUT2D eigenvalue weighted by atomic mass is 14.2. The van der Waals surface area contributed by atoms with E-state index in [9.17, 15) is 0 Å². The minimum Gasteiger partial charge on any atom is -0.192 e.